The summed E-state index contributed by atoms with van der Waals surface area (Å²) in [5.41, 5.74) is 5.52. The monoisotopic (exact) mass is 270 g/mol. The minimum absolute atomic E-state index is 0.496. The van der Waals surface area contributed by atoms with E-state index in [1.165, 1.54) is 11.3 Å². The van der Waals surface area contributed by atoms with Crippen molar-refractivity contribution in [2.75, 3.05) is 5.73 Å². The Morgan fingerprint density at radius 3 is 2.94 bits per heavy atom. The second kappa shape index (κ2) is 5.46. The van der Waals surface area contributed by atoms with Crippen molar-refractivity contribution in [1.29, 1.82) is 0 Å². The summed E-state index contributed by atoms with van der Waals surface area (Å²) < 4.78 is 2.80. The fourth-order valence-corrected chi connectivity index (χ4v) is 2.89. The molecule has 0 aliphatic heterocycles. The van der Waals surface area contributed by atoms with Crippen LogP contribution in [0, 0.1) is 5.92 Å². The zero-order valence-corrected chi connectivity index (χ0v) is 11.3. The van der Waals surface area contributed by atoms with Crippen molar-refractivity contribution in [3.05, 3.63) is 12.2 Å². The van der Waals surface area contributed by atoms with Gasteiger partial charge in [-0.1, -0.05) is 36.9 Å². The van der Waals surface area contributed by atoms with Crippen LogP contribution < -0.4 is 5.73 Å². The number of rotatable bonds is 5. The second-order valence-electron chi connectivity index (χ2n) is 3.95. The highest BCUT2D eigenvalue weighted by Gasteiger charge is 2.08. The highest BCUT2D eigenvalue weighted by atomic mass is 32.2. The summed E-state index contributed by atoms with van der Waals surface area (Å²) in [5.74, 6) is 2.25. The number of hydrogen-bond acceptors (Lipinski definition) is 7. The predicted octanol–water partition coefficient (Wildman–Crippen LogP) is 1.66. The molecule has 17 heavy (non-hydrogen) atoms. The molecular weight excluding hydrogens is 256 g/mol. The molecule has 2 rings (SSSR count). The number of nitrogens with zero attached hydrogens (tertiary/aromatic N) is 5. The summed E-state index contributed by atoms with van der Waals surface area (Å²) in [6, 6.07) is 0. The number of anilines is 1. The second-order valence-corrected chi connectivity index (χ2v) is 6.18. The van der Waals surface area contributed by atoms with Crippen LogP contribution in [-0.2, 0) is 12.3 Å². The molecule has 0 bridgehead atoms. The third-order valence-corrected chi connectivity index (χ3v) is 3.86. The van der Waals surface area contributed by atoms with E-state index in [-0.39, 0.29) is 0 Å². The lowest BCUT2D eigenvalue weighted by Crippen LogP contribution is -2.09. The Hall–Kier alpha value is -1.15. The van der Waals surface area contributed by atoms with Crippen molar-refractivity contribution in [3.8, 4) is 0 Å². The minimum atomic E-state index is 0.496. The first-order valence-electron chi connectivity index (χ1n) is 5.23. The molecule has 0 atom stereocenters. The molecule has 0 amide bonds. The maximum Gasteiger partial charge on any atom is 0.203 e. The van der Waals surface area contributed by atoms with Crippen LogP contribution in [0.2, 0.25) is 0 Å². The first-order valence-corrected chi connectivity index (χ1v) is 7.04. The van der Waals surface area contributed by atoms with Crippen LogP contribution in [0.4, 0.5) is 5.13 Å². The highest BCUT2D eigenvalue weighted by Crippen LogP contribution is 2.26. The maximum atomic E-state index is 5.52. The van der Waals surface area contributed by atoms with Crippen molar-refractivity contribution in [3.63, 3.8) is 0 Å². The molecule has 2 N–H and O–H groups in total. The van der Waals surface area contributed by atoms with E-state index in [2.05, 4.69) is 34.1 Å². The van der Waals surface area contributed by atoms with E-state index in [9.17, 15) is 0 Å². The van der Waals surface area contributed by atoms with Crippen molar-refractivity contribution in [1.82, 2.24) is 25.0 Å². The van der Waals surface area contributed by atoms with E-state index in [0.717, 1.165) is 22.5 Å². The van der Waals surface area contributed by atoms with E-state index >= 15 is 0 Å². The van der Waals surface area contributed by atoms with E-state index < -0.39 is 0 Å². The fourth-order valence-electron chi connectivity index (χ4n) is 1.30. The third-order valence-electron chi connectivity index (χ3n) is 1.98. The van der Waals surface area contributed by atoms with E-state index in [0.29, 0.717) is 11.0 Å². The van der Waals surface area contributed by atoms with Crippen molar-refractivity contribution in [2.45, 2.75) is 30.5 Å². The summed E-state index contributed by atoms with van der Waals surface area (Å²) in [6.45, 7) is 5.20. The third kappa shape index (κ3) is 3.40. The van der Waals surface area contributed by atoms with Crippen LogP contribution in [0.25, 0.3) is 0 Å². The SMILES string of the molecule is CC(C)Cn1ncnc1CSc1nnc(N)s1. The Kier molecular flexibility index (Phi) is 3.95. The summed E-state index contributed by atoms with van der Waals surface area (Å²) >= 11 is 2.97. The average Bonchev–Trinajstić information content (AvgIpc) is 2.84. The van der Waals surface area contributed by atoms with Gasteiger partial charge in [0, 0.05) is 6.54 Å². The zero-order chi connectivity index (χ0) is 12.3. The molecular formula is C9H14N6S2. The summed E-state index contributed by atoms with van der Waals surface area (Å²) in [7, 11) is 0. The molecule has 0 unspecified atom stereocenters. The van der Waals surface area contributed by atoms with E-state index in [1.54, 1.807) is 18.1 Å². The van der Waals surface area contributed by atoms with Crippen LogP contribution in [0.3, 0.4) is 0 Å². The van der Waals surface area contributed by atoms with Gasteiger partial charge in [-0.15, -0.1) is 10.2 Å². The first-order chi connectivity index (χ1) is 8.15. The largest absolute Gasteiger partial charge is 0.374 e. The van der Waals surface area contributed by atoms with Gasteiger partial charge in [-0.05, 0) is 5.92 Å². The number of thioether (sulfide) groups is 1. The Morgan fingerprint density at radius 1 is 1.47 bits per heavy atom. The van der Waals surface area contributed by atoms with Crippen LogP contribution in [0.1, 0.15) is 19.7 Å². The minimum Gasteiger partial charge on any atom is -0.374 e. The van der Waals surface area contributed by atoms with Gasteiger partial charge in [0.25, 0.3) is 0 Å². The molecule has 2 aromatic rings. The average molecular weight is 270 g/mol. The van der Waals surface area contributed by atoms with Gasteiger partial charge in [0.2, 0.25) is 5.13 Å². The molecule has 0 aliphatic carbocycles. The molecule has 0 aromatic carbocycles. The van der Waals surface area contributed by atoms with Gasteiger partial charge in [-0.3, -0.25) is 0 Å². The lowest BCUT2D eigenvalue weighted by Gasteiger charge is -2.07. The Balaban J connectivity index is 1.97. The standard InChI is InChI=1S/C9H14N6S2/c1-6(2)3-15-7(11-5-12-15)4-16-9-14-13-8(10)17-9/h5-6H,3-4H2,1-2H3,(H2,10,13). The molecule has 0 aliphatic rings. The molecule has 0 spiro atoms. The Morgan fingerprint density at radius 2 is 2.29 bits per heavy atom. The quantitative estimate of drug-likeness (QED) is 0.832. The van der Waals surface area contributed by atoms with Crippen LogP contribution in [0.5, 0.6) is 0 Å². The summed E-state index contributed by atoms with van der Waals surface area (Å²) in [4.78, 5) is 4.25. The Labute approximate surface area is 108 Å². The predicted molar refractivity (Wildman–Crippen MR) is 68.7 cm³/mol. The van der Waals surface area contributed by atoms with Gasteiger partial charge in [0.05, 0.1) is 5.75 Å². The van der Waals surface area contributed by atoms with Crippen molar-refractivity contribution < 1.29 is 0 Å². The highest BCUT2D eigenvalue weighted by molar-refractivity contribution is 8.00. The lowest BCUT2D eigenvalue weighted by atomic mass is 10.2. The van der Waals surface area contributed by atoms with Gasteiger partial charge in [0.1, 0.15) is 12.2 Å². The molecule has 6 nitrogen and oxygen atoms in total. The molecule has 0 radical (unpaired) electrons. The van der Waals surface area contributed by atoms with Crippen LogP contribution in [-0.4, -0.2) is 25.0 Å². The fraction of sp³-hybridized carbons (Fsp3) is 0.556. The Bertz CT molecular complexity index is 477. The normalized spacial score (nSPS) is 11.2. The van der Waals surface area contributed by atoms with E-state index in [4.69, 9.17) is 5.73 Å². The number of aromatic nitrogens is 5. The van der Waals surface area contributed by atoms with Gasteiger partial charge in [0.15, 0.2) is 4.34 Å². The first kappa shape index (κ1) is 12.3. The molecule has 92 valence electrons. The smallest absolute Gasteiger partial charge is 0.203 e. The lowest BCUT2D eigenvalue weighted by molar-refractivity contribution is 0.471. The number of nitrogen functional groups attached to an aromatic ring is 1. The van der Waals surface area contributed by atoms with E-state index in [1.807, 2.05) is 4.68 Å². The van der Waals surface area contributed by atoms with Crippen LogP contribution in [0.15, 0.2) is 10.7 Å². The summed E-state index contributed by atoms with van der Waals surface area (Å²) in [5, 5.41) is 12.4. The van der Waals surface area contributed by atoms with Gasteiger partial charge in [-0.25, -0.2) is 9.67 Å². The molecule has 8 heteroatoms. The maximum absolute atomic E-state index is 5.52. The van der Waals surface area contributed by atoms with Gasteiger partial charge >= 0.3 is 0 Å². The molecule has 0 saturated carbocycles. The van der Waals surface area contributed by atoms with Crippen molar-refractivity contribution in [2.24, 2.45) is 5.92 Å². The topological polar surface area (TPSA) is 82.5 Å². The number of nitrogens with two attached hydrogens (primary N) is 1. The molecule has 0 fully saturated rings. The van der Waals surface area contributed by atoms with Crippen LogP contribution >= 0.6 is 23.1 Å². The van der Waals surface area contributed by atoms with Gasteiger partial charge < -0.3 is 5.73 Å². The molecule has 2 heterocycles. The summed E-state index contributed by atoms with van der Waals surface area (Å²) in [6.07, 6.45) is 1.59. The van der Waals surface area contributed by atoms with Gasteiger partial charge in [-0.2, -0.15) is 5.10 Å². The zero-order valence-electron chi connectivity index (χ0n) is 9.70. The molecule has 0 saturated heterocycles. The number of hydrogen-bond donors (Lipinski definition) is 1. The molecule has 2 aromatic heterocycles. The van der Waals surface area contributed by atoms with Crippen molar-refractivity contribution >= 4 is 28.2 Å².